The minimum Gasteiger partial charge on any atom is -0.380 e. The van der Waals surface area contributed by atoms with Crippen LogP contribution in [-0.2, 0) is 4.74 Å². The highest BCUT2D eigenvalue weighted by Gasteiger charge is 2.02. The molecule has 0 fully saturated rings. The maximum Gasteiger partial charge on any atom is 0.316 e. The second kappa shape index (κ2) is 8.49. The Morgan fingerprint density at radius 2 is 2.07 bits per heavy atom. The SMILES string of the molecule is CCOCC(C)NCCNC(=O)N(C)C. The zero-order chi connectivity index (χ0) is 11.7. The molecule has 1 unspecified atom stereocenters. The van der Waals surface area contributed by atoms with Gasteiger partial charge in [0.1, 0.15) is 0 Å². The van der Waals surface area contributed by atoms with E-state index < -0.39 is 0 Å². The Bertz CT molecular complexity index is 174. The molecule has 15 heavy (non-hydrogen) atoms. The fourth-order valence-corrected chi connectivity index (χ4v) is 1.000. The minimum absolute atomic E-state index is 0.0609. The lowest BCUT2D eigenvalue weighted by molar-refractivity contribution is 0.127. The summed E-state index contributed by atoms with van der Waals surface area (Å²) in [4.78, 5) is 12.6. The van der Waals surface area contributed by atoms with Crippen LogP contribution in [-0.4, -0.2) is 57.4 Å². The van der Waals surface area contributed by atoms with E-state index in [0.717, 1.165) is 13.2 Å². The van der Waals surface area contributed by atoms with E-state index >= 15 is 0 Å². The van der Waals surface area contributed by atoms with Gasteiger partial charge in [-0.15, -0.1) is 0 Å². The van der Waals surface area contributed by atoms with Crippen LogP contribution >= 0.6 is 0 Å². The van der Waals surface area contributed by atoms with E-state index in [2.05, 4.69) is 17.6 Å². The van der Waals surface area contributed by atoms with Gasteiger partial charge in [-0.2, -0.15) is 0 Å². The maximum absolute atomic E-state index is 11.1. The fraction of sp³-hybridized carbons (Fsp3) is 0.900. The van der Waals surface area contributed by atoms with E-state index in [1.54, 1.807) is 14.1 Å². The van der Waals surface area contributed by atoms with Gasteiger partial charge in [-0.05, 0) is 13.8 Å². The topological polar surface area (TPSA) is 53.6 Å². The van der Waals surface area contributed by atoms with Gasteiger partial charge in [0.25, 0.3) is 0 Å². The molecular formula is C10H23N3O2. The first-order valence-corrected chi connectivity index (χ1v) is 5.34. The van der Waals surface area contributed by atoms with E-state index in [-0.39, 0.29) is 6.03 Å². The van der Waals surface area contributed by atoms with Gasteiger partial charge >= 0.3 is 6.03 Å². The molecular weight excluding hydrogens is 194 g/mol. The number of hydrogen-bond donors (Lipinski definition) is 2. The van der Waals surface area contributed by atoms with Crippen LogP contribution in [0.2, 0.25) is 0 Å². The second-order valence-electron chi connectivity index (χ2n) is 3.64. The first-order chi connectivity index (χ1) is 7.07. The minimum atomic E-state index is -0.0609. The zero-order valence-corrected chi connectivity index (χ0v) is 10.2. The lowest BCUT2D eigenvalue weighted by atomic mass is 10.3. The van der Waals surface area contributed by atoms with Crippen molar-refractivity contribution in [3.63, 3.8) is 0 Å². The van der Waals surface area contributed by atoms with Crippen molar-refractivity contribution >= 4 is 6.03 Å². The monoisotopic (exact) mass is 217 g/mol. The number of urea groups is 1. The molecule has 0 spiro atoms. The van der Waals surface area contributed by atoms with Gasteiger partial charge in [-0.25, -0.2) is 4.79 Å². The van der Waals surface area contributed by atoms with Gasteiger partial charge in [0.2, 0.25) is 0 Å². The van der Waals surface area contributed by atoms with Gasteiger partial charge in [-0.1, -0.05) is 0 Å². The molecule has 0 aliphatic carbocycles. The van der Waals surface area contributed by atoms with Crippen molar-refractivity contribution in [1.82, 2.24) is 15.5 Å². The average Bonchev–Trinajstić information content (AvgIpc) is 2.20. The van der Waals surface area contributed by atoms with Crippen LogP contribution in [0.25, 0.3) is 0 Å². The summed E-state index contributed by atoms with van der Waals surface area (Å²) in [5.74, 6) is 0. The number of hydrogen-bond acceptors (Lipinski definition) is 3. The van der Waals surface area contributed by atoms with Crippen LogP contribution in [0.3, 0.4) is 0 Å². The maximum atomic E-state index is 11.1. The molecule has 0 aromatic heterocycles. The molecule has 2 amide bonds. The van der Waals surface area contributed by atoms with Gasteiger partial charge in [0.15, 0.2) is 0 Å². The number of carbonyl (C=O) groups is 1. The van der Waals surface area contributed by atoms with Crippen molar-refractivity contribution < 1.29 is 9.53 Å². The van der Waals surface area contributed by atoms with Crippen molar-refractivity contribution in [3.8, 4) is 0 Å². The Labute approximate surface area is 92.2 Å². The summed E-state index contributed by atoms with van der Waals surface area (Å²) in [6, 6.07) is 0.260. The van der Waals surface area contributed by atoms with Gasteiger partial charge in [-0.3, -0.25) is 0 Å². The van der Waals surface area contributed by atoms with E-state index in [1.165, 1.54) is 4.90 Å². The highest BCUT2D eigenvalue weighted by molar-refractivity contribution is 5.73. The summed E-state index contributed by atoms with van der Waals surface area (Å²) in [5, 5.41) is 6.03. The Kier molecular flexibility index (Phi) is 8.04. The van der Waals surface area contributed by atoms with E-state index in [1.807, 2.05) is 6.92 Å². The number of nitrogens with zero attached hydrogens (tertiary/aromatic N) is 1. The summed E-state index contributed by atoms with van der Waals surface area (Å²) in [5.41, 5.74) is 0. The van der Waals surface area contributed by atoms with Crippen molar-refractivity contribution in [3.05, 3.63) is 0 Å². The van der Waals surface area contributed by atoms with Crippen molar-refractivity contribution in [2.75, 3.05) is 40.4 Å². The summed E-state index contributed by atoms with van der Waals surface area (Å²) in [6.07, 6.45) is 0. The number of amides is 2. The molecule has 0 rings (SSSR count). The molecule has 0 bridgehead atoms. The lowest BCUT2D eigenvalue weighted by Gasteiger charge is -2.15. The third-order valence-electron chi connectivity index (χ3n) is 1.87. The Morgan fingerprint density at radius 1 is 1.40 bits per heavy atom. The van der Waals surface area contributed by atoms with E-state index in [0.29, 0.717) is 19.2 Å². The van der Waals surface area contributed by atoms with Crippen LogP contribution in [0, 0.1) is 0 Å². The Balaban J connectivity index is 3.34. The smallest absolute Gasteiger partial charge is 0.316 e. The largest absolute Gasteiger partial charge is 0.380 e. The highest BCUT2D eigenvalue weighted by Crippen LogP contribution is 1.83. The highest BCUT2D eigenvalue weighted by atomic mass is 16.5. The Morgan fingerprint density at radius 3 is 2.60 bits per heavy atom. The number of ether oxygens (including phenoxy) is 1. The molecule has 0 aromatic carbocycles. The fourth-order valence-electron chi connectivity index (χ4n) is 1.000. The predicted molar refractivity (Wildman–Crippen MR) is 61.0 cm³/mol. The third kappa shape index (κ3) is 8.20. The summed E-state index contributed by atoms with van der Waals surface area (Å²) < 4.78 is 5.25. The molecule has 0 saturated carbocycles. The normalized spacial score (nSPS) is 12.3. The standard InChI is InChI=1S/C10H23N3O2/c1-5-15-8-9(2)11-6-7-12-10(14)13(3)4/h9,11H,5-8H2,1-4H3,(H,12,14). The molecule has 0 radical (unpaired) electrons. The van der Waals surface area contributed by atoms with Gasteiger partial charge in [0, 0.05) is 39.8 Å². The van der Waals surface area contributed by atoms with Crippen LogP contribution in [0.15, 0.2) is 0 Å². The predicted octanol–water partition coefficient (Wildman–Crippen LogP) is 0.272. The van der Waals surface area contributed by atoms with Crippen molar-refractivity contribution in [2.24, 2.45) is 0 Å². The van der Waals surface area contributed by atoms with E-state index in [9.17, 15) is 4.79 Å². The number of carbonyl (C=O) groups excluding carboxylic acids is 1. The van der Waals surface area contributed by atoms with Crippen LogP contribution < -0.4 is 10.6 Å². The summed E-state index contributed by atoms with van der Waals surface area (Å²) in [7, 11) is 3.45. The van der Waals surface area contributed by atoms with Gasteiger partial charge in [0.05, 0.1) is 6.61 Å². The molecule has 90 valence electrons. The van der Waals surface area contributed by atoms with Crippen LogP contribution in [0.5, 0.6) is 0 Å². The van der Waals surface area contributed by atoms with Crippen LogP contribution in [0.4, 0.5) is 4.79 Å². The number of rotatable bonds is 7. The van der Waals surface area contributed by atoms with Gasteiger partial charge < -0.3 is 20.3 Å². The first-order valence-electron chi connectivity index (χ1n) is 5.34. The molecule has 0 saturated heterocycles. The number of nitrogens with one attached hydrogen (secondary N) is 2. The average molecular weight is 217 g/mol. The molecule has 0 aromatic rings. The lowest BCUT2D eigenvalue weighted by Crippen LogP contribution is -2.41. The molecule has 1 atom stereocenters. The quantitative estimate of drug-likeness (QED) is 0.602. The molecule has 0 aliphatic heterocycles. The van der Waals surface area contributed by atoms with Crippen molar-refractivity contribution in [2.45, 2.75) is 19.9 Å². The third-order valence-corrected chi connectivity index (χ3v) is 1.87. The molecule has 2 N–H and O–H groups in total. The Hall–Kier alpha value is -0.810. The molecule has 0 heterocycles. The summed E-state index contributed by atoms with van der Waals surface area (Å²) in [6.45, 7) is 6.87. The molecule has 5 nitrogen and oxygen atoms in total. The first kappa shape index (κ1) is 14.2. The van der Waals surface area contributed by atoms with Crippen LogP contribution in [0.1, 0.15) is 13.8 Å². The molecule has 0 aliphatic rings. The second-order valence-corrected chi connectivity index (χ2v) is 3.64. The summed E-state index contributed by atoms with van der Waals surface area (Å²) >= 11 is 0. The van der Waals surface area contributed by atoms with Crippen molar-refractivity contribution in [1.29, 1.82) is 0 Å². The zero-order valence-electron chi connectivity index (χ0n) is 10.2. The van der Waals surface area contributed by atoms with E-state index in [4.69, 9.17) is 4.74 Å². The molecule has 5 heteroatoms.